The number of hydrogen-bond donors (Lipinski definition) is 2. The molecule has 120 valence electrons. The minimum Gasteiger partial charge on any atom is -0.398 e. The Labute approximate surface area is 127 Å². The lowest BCUT2D eigenvalue weighted by Gasteiger charge is -2.33. The lowest BCUT2D eigenvalue weighted by Crippen LogP contribution is -2.45. The monoisotopic (exact) mass is 316 g/mol. The summed E-state index contributed by atoms with van der Waals surface area (Å²) in [6.45, 7) is 11.2. The van der Waals surface area contributed by atoms with E-state index in [0.29, 0.717) is 6.42 Å². The molecule has 1 aromatic rings. The van der Waals surface area contributed by atoms with Crippen LogP contribution in [0.5, 0.6) is 0 Å². The lowest BCUT2D eigenvalue weighted by atomic mass is 9.82. The van der Waals surface area contributed by atoms with Crippen molar-refractivity contribution in [2.75, 3.05) is 5.73 Å². The molecule has 3 N–H and O–H groups in total. The van der Waals surface area contributed by atoms with E-state index in [-0.39, 0.29) is 21.6 Å². The highest BCUT2D eigenvalue weighted by atomic mass is 32.2. The fraction of sp³-hybridized carbons (Fsp3) is 0.600. The highest BCUT2D eigenvalue weighted by Gasteiger charge is 2.31. The maximum Gasteiger partial charge on any atom is 0.241 e. The molecule has 0 saturated heterocycles. The highest BCUT2D eigenvalue weighted by molar-refractivity contribution is 7.89. The van der Waals surface area contributed by atoms with Crippen LogP contribution < -0.4 is 10.5 Å². The predicted octanol–water partition coefficient (Wildman–Crippen LogP) is 3.21. The first kappa shape index (κ1) is 17.9. The lowest BCUT2D eigenvalue weighted by molar-refractivity contribution is 0.269. The number of nitrogens with one attached hydrogen (secondary N) is 1. The molecule has 0 amide bonds. The van der Waals surface area contributed by atoms with Crippen LogP contribution in [-0.4, -0.2) is 14.0 Å². The molecule has 0 saturated carbocycles. The molecule has 0 unspecified atom stereocenters. The number of anilines is 1. The SMILES string of the molecule is Cc1c(N)cc(S(=O)(=O)NC(C)(C)CC(C)(C)C)cc1F. The first-order chi connectivity index (χ1) is 9.23. The maximum atomic E-state index is 13.7. The number of benzene rings is 1. The topological polar surface area (TPSA) is 72.2 Å². The third-order valence-corrected chi connectivity index (χ3v) is 4.73. The van der Waals surface area contributed by atoms with Crippen LogP contribution in [0.25, 0.3) is 0 Å². The number of rotatable bonds is 4. The van der Waals surface area contributed by atoms with Crippen LogP contribution in [0.4, 0.5) is 10.1 Å². The molecule has 0 bridgehead atoms. The molecule has 0 fully saturated rings. The zero-order valence-corrected chi connectivity index (χ0v) is 14.4. The van der Waals surface area contributed by atoms with Crippen LogP contribution in [0.3, 0.4) is 0 Å². The quantitative estimate of drug-likeness (QED) is 0.838. The first-order valence-corrected chi connectivity index (χ1v) is 8.31. The normalized spacial score (nSPS) is 13.5. The number of nitrogen functional groups attached to an aromatic ring is 1. The van der Waals surface area contributed by atoms with Crippen molar-refractivity contribution in [2.45, 2.75) is 58.4 Å². The molecule has 0 aromatic heterocycles. The van der Waals surface area contributed by atoms with E-state index < -0.39 is 21.4 Å². The zero-order chi connectivity index (χ0) is 16.6. The van der Waals surface area contributed by atoms with Crippen molar-refractivity contribution in [2.24, 2.45) is 5.41 Å². The summed E-state index contributed by atoms with van der Waals surface area (Å²) in [6.07, 6.45) is 0.642. The third kappa shape index (κ3) is 4.97. The van der Waals surface area contributed by atoms with E-state index in [0.717, 1.165) is 6.07 Å². The van der Waals surface area contributed by atoms with Crippen LogP contribution in [0, 0.1) is 18.2 Å². The van der Waals surface area contributed by atoms with Gasteiger partial charge in [-0.3, -0.25) is 0 Å². The van der Waals surface area contributed by atoms with E-state index in [2.05, 4.69) is 4.72 Å². The molecule has 0 atom stereocenters. The van der Waals surface area contributed by atoms with Gasteiger partial charge < -0.3 is 5.73 Å². The summed E-state index contributed by atoms with van der Waals surface area (Å²) in [5.74, 6) is -0.621. The Kier molecular flexibility index (Phi) is 4.75. The van der Waals surface area contributed by atoms with Gasteiger partial charge in [-0.05, 0) is 44.7 Å². The summed E-state index contributed by atoms with van der Waals surface area (Å²) in [6, 6.07) is 2.29. The average molecular weight is 316 g/mol. The Morgan fingerprint density at radius 2 is 1.71 bits per heavy atom. The Morgan fingerprint density at radius 3 is 2.14 bits per heavy atom. The van der Waals surface area contributed by atoms with Crippen molar-refractivity contribution in [3.8, 4) is 0 Å². The maximum absolute atomic E-state index is 13.7. The first-order valence-electron chi connectivity index (χ1n) is 6.83. The van der Waals surface area contributed by atoms with Crippen LogP contribution in [-0.2, 0) is 10.0 Å². The zero-order valence-electron chi connectivity index (χ0n) is 13.5. The van der Waals surface area contributed by atoms with Crippen molar-refractivity contribution in [1.29, 1.82) is 0 Å². The van der Waals surface area contributed by atoms with Crippen molar-refractivity contribution in [3.05, 3.63) is 23.5 Å². The predicted molar refractivity (Wildman–Crippen MR) is 84.0 cm³/mol. The smallest absolute Gasteiger partial charge is 0.241 e. The molecule has 6 heteroatoms. The van der Waals surface area contributed by atoms with Crippen molar-refractivity contribution in [3.63, 3.8) is 0 Å². The van der Waals surface area contributed by atoms with Crippen LogP contribution in [0.1, 0.15) is 46.6 Å². The van der Waals surface area contributed by atoms with E-state index >= 15 is 0 Å². The molecule has 4 nitrogen and oxygen atoms in total. The minimum absolute atomic E-state index is 0.0381. The van der Waals surface area contributed by atoms with E-state index in [1.54, 1.807) is 0 Å². The van der Waals surface area contributed by atoms with Gasteiger partial charge in [-0.2, -0.15) is 0 Å². The molecule has 0 aliphatic carbocycles. The van der Waals surface area contributed by atoms with Gasteiger partial charge in [-0.1, -0.05) is 20.8 Å². The van der Waals surface area contributed by atoms with Gasteiger partial charge in [0.1, 0.15) is 5.82 Å². The molecular weight excluding hydrogens is 291 g/mol. The Morgan fingerprint density at radius 1 is 1.19 bits per heavy atom. The second-order valence-corrected chi connectivity index (χ2v) is 9.03. The Balaban J connectivity index is 3.13. The third-order valence-electron chi connectivity index (χ3n) is 3.05. The van der Waals surface area contributed by atoms with Crippen molar-refractivity contribution in [1.82, 2.24) is 4.72 Å². The Bertz CT molecular complexity index is 609. The van der Waals surface area contributed by atoms with Gasteiger partial charge in [-0.15, -0.1) is 0 Å². The molecule has 0 aliphatic rings. The van der Waals surface area contributed by atoms with E-state index in [4.69, 9.17) is 5.73 Å². The van der Waals surface area contributed by atoms with E-state index in [9.17, 15) is 12.8 Å². The minimum atomic E-state index is -3.82. The van der Waals surface area contributed by atoms with Gasteiger partial charge >= 0.3 is 0 Å². The standard InChI is InChI=1S/C15H25FN2O2S/c1-10-12(16)7-11(8-13(10)17)21(19,20)18-15(5,6)9-14(2,3)4/h7-8,18H,9,17H2,1-6H3. The van der Waals surface area contributed by atoms with Crippen LogP contribution >= 0.6 is 0 Å². The van der Waals surface area contributed by atoms with Gasteiger partial charge in [0.25, 0.3) is 0 Å². The molecule has 0 heterocycles. The molecule has 21 heavy (non-hydrogen) atoms. The van der Waals surface area contributed by atoms with Crippen molar-refractivity contribution < 1.29 is 12.8 Å². The largest absolute Gasteiger partial charge is 0.398 e. The second-order valence-electron chi connectivity index (χ2n) is 7.35. The molecule has 0 spiro atoms. The molecule has 1 aromatic carbocycles. The summed E-state index contributed by atoms with van der Waals surface area (Å²) in [5.41, 5.74) is 5.35. The van der Waals surface area contributed by atoms with Gasteiger partial charge in [0.2, 0.25) is 10.0 Å². The van der Waals surface area contributed by atoms with Gasteiger partial charge in [0.15, 0.2) is 0 Å². The summed E-state index contributed by atoms with van der Waals surface area (Å²) >= 11 is 0. The summed E-state index contributed by atoms with van der Waals surface area (Å²) in [4.78, 5) is -0.148. The summed E-state index contributed by atoms with van der Waals surface area (Å²) in [5, 5.41) is 0. The number of hydrogen-bond acceptors (Lipinski definition) is 3. The van der Waals surface area contributed by atoms with Gasteiger partial charge in [0.05, 0.1) is 4.90 Å². The number of nitrogens with two attached hydrogens (primary N) is 1. The number of halogens is 1. The van der Waals surface area contributed by atoms with Crippen molar-refractivity contribution >= 4 is 15.7 Å². The fourth-order valence-electron chi connectivity index (χ4n) is 2.61. The number of sulfonamides is 1. The van der Waals surface area contributed by atoms with Gasteiger partial charge in [0, 0.05) is 16.8 Å². The van der Waals surface area contributed by atoms with Crippen LogP contribution in [0.2, 0.25) is 0 Å². The Hall–Kier alpha value is -1.14. The van der Waals surface area contributed by atoms with E-state index in [1.807, 2.05) is 34.6 Å². The molecule has 0 radical (unpaired) electrons. The summed E-state index contributed by atoms with van der Waals surface area (Å²) < 4.78 is 41.2. The molecule has 0 aliphatic heterocycles. The average Bonchev–Trinajstić information content (AvgIpc) is 2.19. The summed E-state index contributed by atoms with van der Waals surface area (Å²) in [7, 11) is -3.82. The van der Waals surface area contributed by atoms with E-state index in [1.165, 1.54) is 13.0 Å². The van der Waals surface area contributed by atoms with Gasteiger partial charge in [-0.25, -0.2) is 17.5 Å². The molecule has 1 rings (SSSR count). The highest BCUT2D eigenvalue weighted by Crippen LogP contribution is 2.29. The van der Waals surface area contributed by atoms with Crippen LogP contribution in [0.15, 0.2) is 17.0 Å². The molecular formula is C15H25FN2O2S. The second kappa shape index (κ2) is 5.57. The fourth-order valence-corrected chi connectivity index (χ4v) is 4.07.